The first-order valence-corrected chi connectivity index (χ1v) is 11.7. The SMILES string of the molecule is N#Cc1ccc(-n2c(-c3ccccc3)cc3c2cc(-c2ccccc2)n3-c2ccc(C#N)cc2)cc1. The smallest absolute Gasteiger partial charge is 0.0991 e. The van der Waals surface area contributed by atoms with Gasteiger partial charge in [-0.25, -0.2) is 0 Å². The Bertz CT molecular complexity index is 1620. The molecule has 0 N–H and O–H groups in total. The highest BCUT2D eigenvalue weighted by Crippen LogP contribution is 2.38. The van der Waals surface area contributed by atoms with Crippen molar-refractivity contribution in [3.8, 4) is 46.0 Å². The lowest BCUT2D eigenvalue weighted by Crippen LogP contribution is -1.97. The Morgan fingerprint density at radius 1 is 0.444 bits per heavy atom. The first-order valence-electron chi connectivity index (χ1n) is 11.7. The van der Waals surface area contributed by atoms with Crippen LogP contribution in [0.1, 0.15) is 11.1 Å². The van der Waals surface area contributed by atoms with Gasteiger partial charge in [0.05, 0.1) is 45.7 Å². The van der Waals surface area contributed by atoms with Crippen molar-refractivity contribution in [1.82, 2.24) is 9.13 Å². The summed E-state index contributed by atoms with van der Waals surface area (Å²) in [6, 6.07) is 44.9. The second-order valence-corrected chi connectivity index (χ2v) is 8.55. The maximum Gasteiger partial charge on any atom is 0.0991 e. The molecule has 4 nitrogen and oxygen atoms in total. The summed E-state index contributed by atoms with van der Waals surface area (Å²) in [5.41, 5.74) is 9.67. The van der Waals surface area contributed by atoms with Crippen molar-refractivity contribution < 1.29 is 0 Å². The molecule has 4 aromatic carbocycles. The van der Waals surface area contributed by atoms with Crippen LogP contribution in [0.2, 0.25) is 0 Å². The van der Waals surface area contributed by atoms with Crippen LogP contribution < -0.4 is 0 Å². The number of rotatable bonds is 4. The zero-order valence-electron chi connectivity index (χ0n) is 19.3. The Hall–Kier alpha value is -5.32. The molecule has 0 amide bonds. The van der Waals surface area contributed by atoms with E-state index in [0.29, 0.717) is 11.1 Å². The van der Waals surface area contributed by atoms with E-state index in [1.165, 1.54) is 0 Å². The van der Waals surface area contributed by atoms with Gasteiger partial charge >= 0.3 is 0 Å². The van der Waals surface area contributed by atoms with Gasteiger partial charge in [-0.1, -0.05) is 60.7 Å². The van der Waals surface area contributed by atoms with Crippen LogP contribution in [0.3, 0.4) is 0 Å². The Labute approximate surface area is 209 Å². The normalized spacial score (nSPS) is 10.7. The van der Waals surface area contributed by atoms with Gasteiger partial charge in [0.25, 0.3) is 0 Å². The van der Waals surface area contributed by atoms with Crippen molar-refractivity contribution in [2.45, 2.75) is 0 Å². The first kappa shape index (κ1) is 21.2. The van der Waals surface area contributed by atoms with E-state index in [4.69, 9.17) is 0 Å². The molecule has 6 aromatic rings. The Kier molecular flexibility index (Phi) is 5.19. The van der Waals surface area contributed by atoms with Crippen LogP contribution in [0, 0.1) is 22.7 Å². The molecule has 0 aliphatic carbocycles. The van der Waals surface area contributed by atoms with E-state index < -0.39 is 0 Å². The van der Waals surface area contributed by atoms with Crippen LogP contribution in [-0.4, -0.2) is 9.13 Å². The molecule has 0 aliphatic rings. The van der Waals surface area contributed by atoms with Crippen molar-refractivity contribution in [3.63, 3.8) is 0 Å². The predicted octanol–water partition coefficient (Wildman–Crippen LogP) is 7.50. The first-order chi connectivity index (χ1) is 17.8. The Balaban J connectivity index is 1.69. The summed E-state index contributed by atoms with van der Waals surface area (Å²) in [5.74, 6) is 0. The predicted molar refractivity (Wildman–Crippen MR) is 143 cm³/mol. The standard InChI is InChI=1S/C32H20N4/c33-21-23-11-15-27(16-12-23)35-29(25-7-3-1-4-8-25)19-31-32(35)20-30(26-9-5-2-6-10-26)36(31)28-17-13-24(22-34)14-18-28/h1-20H. The molecule has 0 fully saturated rings. The molecule has 0 radical (unpaired) electrons. The van der Waals surface area contributed by atoms with Gasteiger partial charge < -0.3 is 9.13 Å². The van der Waals surface area contributed by atoms with Crippen molar-refractivity contribution in [2.75, 3.05) is 0 Å². The van der Waals surface area contributed by atoms with Gasteiger partial charge in [-0.15, -0.1) is 0 Å². The molecule has 0 saturated carbocycles. The fraction of sp³-hybridized carbons (Fsp3) is 0. The second kappa shape index (κ2) is 8.80. The quantitative estimate of drug-likeness (QED) is 0.273. The van der Waals surface area contributed by atoms with Crippen LogP contribution in [0.25, 0.3) is 44.9 Å². The molecule has 0 bridgehead atoms. The molecule has 168 valence electrons. The average molecular weight is 461 g/mol. The van der Waals surface area contributed by atoms with Gasteiger partial charge in [0.1, 0.15) is 0 Å². The van der Waals surface area contributed by atoms with E-state index in [-0.39, 0.29) is 0 Å². The van der Waals surface area contributed by atoms with Gasteiger partial charge in [0.2, 0.25) is 0 Å². The lowest BCUT2D eigenvalue weighted by Gasteiger charge is -2.12. The monoisotopic (exact) mass is 460 g/mol. The van der Waals surface area contributed by atoms with Crippen molar-refractivity contribution >= 4 is 11.0 Å². The molecule has 4 heteroatoms. The van der Waals surface area contributed by atoms with Crippen molar-refractivity contribution in [3.05, 3.63) is 132 Å². The second-order valence-electron chi connectivity index (χ2n) is 8.55. The summed E-state index contributed by atoms with van der Waals surface area (Å²) in [4.78, 5) is 0. The van der Waals surface area contributed by atoms with E-state index in [9.17, 15) is 10.5 Å². The number of benzene rings is 4. The van der Waals surface area contributed by atoms with E-state index >= 15 is 0 Å². The number of fused-ring (bicyclic) bond motifs is 1. The van der Waals surface area contributed by atoms with Crippen LogP contribution in [0.5, 0.6) is 0 Å². The van der Waals surface area contributed by atoms with Gasteiger partial charge in [0, 0.05) is 11.4 Å². The molecule has 0 saturated heterocycles. The Morgan fingerprint density at radius 2 is 0.806 bits per heavy atom. The van der Waals surface area contributed by atoms with E-state index in [1.54, 1.807) is 0 Å². The molecule has 0 atom stereocenters. The molecule has 2 aromatic heterocycles. The van der Waals surface area contributed by atoms with Gasteiger partial charge in [-0.3, -0.25) is 0 Å². The summed E-state index contributed by atoms with van der Waals surface area (Å²) in [5, 5.41) is 18.6. The molecular formula is C32H20N4. The average Bonchev–Trinajstić information content (AvgIpc) is 3.51. The minimum absolute atomic E-state index is 0.628. The number of nitriles is 2. The molecule has 36 heavy (non-hydrogen) atoms. The summed E-state index contributed by atoms with van der Waals surface area (Å²) in [7, 11) is 0. The summed E-state index contributed by atoms with van der Waals surface area (Å²) in [6.45, 7) is 0. The summed E-state index contributed by atoms with van der Waals surface area (Å²) >= 11 is 0. The third-order valence-corrected chi connectivity index (χ3v) is 6.42. The molecular weight excluding hydrogens is 440 g/mol. The van der Waals surface area contributed by atoms with E-state index in [0.717, 1.165) is 44.9 Å². The fourth-order valence-corrected chi connectivity index (χ4v) is 4.72. The minimum Gasteiger partial charge on any atom is -0.308 e. The van der Waals surface area contributed by atoms with Gasteiger partial charge in [-0.2, -0.15) is 10.5 Å². The van der Waals surface area contributed by atoms with Crippen LogP contribution >= 0.6 is 0 Å². The molecule has 6 rings (SSSR count). The van der Waals surface area contributed by atoms with Crippen molar-refractivity contribution in [2.24, 2.45) is 0 Å². The summed E-state index contributed by atoms with van der Waals surface area (Å²) < 4.78 is 4.50. The third kappa shape index (κ3) is 3.55. The maximum atomic E-state index is 9.31. The number of hydrogen-bond donors (Lipinski definition) is 0. The highest BCUT2D eigenvalue weighted by atomic mass is 15.1. The van der Waals surface area contributed by atoms with Crippen LogP contribution in [0.15, 0.2) is 121 Å². The molecule has 0 aliphatic heterocycles. The number of hydrogen-bond acceptors (Lipinski definition) is 2. The molecule has 2 heterocycles. The van der Waals surface area contributed by atoms with Crippen LogP contribution in [-0.2, 0) is 0 Å². The van der Waals surface area contributed by atoms with Gasteiger partial charge in [-0.05, 0) is 71.8 Å². The van der Waals surface area contributed by atoms with E-state index in [1.807, 2.05) is 84.9 Å². The summed E-state index contributed by atoms with van der Waals surface area (Å²) in [6.07, 6.45) is 0. The molecule has 0 unspecified atom stereocenters. The Morgan fingerprint density at radius 3 is 1.14 bits per heavy atom. The zero-order valence-corrected chi connectivity index (χ0v) is 19.3. The highest BCUT2D eigenvalue weighted by Gasteiger charge is 2.20. The largest absolute Gasteiger partial charge is 0.308 e. The lowest BCUT2D eigenvalue weighted by atomic mass is 10.1. The van der Waals surface area contributed by atoms with Gasteiger partial charge in [0.15, 0.2) is 0 Å². The van der Waals surface area contributed by atoms with Crippen LogP contribution in [0.4, 0.5) is 0 Å². The number of aromatic nitrogens is 2. The third-order valence-electron chi connectivity index (χ3n) is 6.42. The number of nitrogens with zero attached hydrogens (tertiary/aromatic N) is 4. The maximum absolute atomic E-state index is 9.31. The highest BCUT2D eigenvalue weighted by molar-refractivity contribution is 5.93. The zero-order chi connectivity index (χ0) is 24.5. The lowest BCUT2D eigenvalue weighted by molar-refractivity contribution is 1.13. The topological polar surface area (TPSA) is 57.4 Å². The van der Waals surface area contributed by atoms with Crippen molar-refractivity contribution in [1.29, 1.82) is 10.5 Å². The fourth-order valence-electron chi connectivity index (χ4n) is 4.72. The minimum atomic E-state index is 0.628. The molecule has 0 spiro atoms. The van der Waals surface area contributed by atoms with E-state index in [2.05, 4.69) is 57.7 Å².